The molecule has 0 aliphatic heterocycles. The third-order valence-electron chi connectivity index (χ3n) is 3.12. The summed E-state index contributed by atoms with van der Waals surface area (Å²) < 4.78 is 0. The summed E-state index contributed by atoms with van der Waals surface area (Å²) in [6, 6.07) is 8.13. The largest absolute Gasteiger partial charge is 0.126 e. The number of hydrogen-bond donors (Lipinski definition) is 0. The standard InChI is InChI=1S/C15H22Cl2/c1-2-3-4-5-6-14(12-16)11-13-7-9-15(17)10-8-13/h7-10,14H,2-6,11-12H2,1H3. The zero-order valence-electron chi connectivity index (χ0n) is 10.6. The van der Waals surface area contributed by atoms with E-state index in [4.69, 9.17) is 23.2 Å². The van der Waals surface area contributed by atoms with Gasteiger partial charge in [0.2, 0.25) is 0 Å². The number of halogens is 2. The molecular weight excluding hydrogens is 251 g/mol. The van der Waals surface area contributed by atoms with Crippen molar-refractivity contribution < 1.29 is 0 Å². The highest BCUT2D eigenvalue weighted by molar-refractivity contribution is 6.30. The predicted molar refractivity (Wildman–Crippen MR) is 78.1 cm³/mol. The van der Waals surface area contributed by atoms with Crippen LogP contribution in [0.15, 0.2) is 24.3 Å². The van der Waals surface area contributed by atoms with Crippen molar-refractivity contribution in [2.45, 2.75) is 45.4 Å². The summed E-state index contributed by atoms with van der Waals surface area (Å²) in [5, 5.41) is 0.805. The van der Waals surface area contributed by atoms with Crippen molar-refractivity contribution in [3.8, 4) is 0 Å². The van der Waals surface area contributed by atoms with E-state index in [1.807, 2.05) is 12.1 Å². The zero-order valence-corrected chi connectivity index (χ0v) is 12.1. The quantitative estimate of drug-likeness (QED) is 0.420. The van der Waals surface area contributed by atoms with Gasteiger partial charge >= 0.3 is 0 Å². The average molecular weight is 273 g/mol. The van der Waals surface area contributed by atoms with Crippen LogP contribution < -0.4 is 0 Å². The van der Waals surface area contributed by atoms with E-state index in [-0.39, 0.29) is 0 Å². The Balaban J connectivity index is 2.33. The van der Waals surface area contributed by atoms with Gasteiger partial charge in [-0.3, -0.25) is 0 Å². The van der Waals surface area contributed by atoms with Gasteiger partial charge in [0, 0.05) is 10.9 Å². The van der Waals surface area contributed by atoms with Crippen molar-refractivity contribution >= 4 is 23.2 Å². The van der Waals surface area contributed by atoms with E-state index >= 15 is 0 Å². The topological polar surface area (TPSA) is 0 Å². The minimum absolute atomic E-state index is 0.606. The first kappa shape index (κ1) is 14.9. The van der Waals surface area contributed by atoms with E-state index in [2.05, 4.69) is 19.1 Å². The van der Waals surface area contributed by atoms with Gasteiger partial charge in [-0.25, -0.2) is 0 Å². The molecule has 0 radical (unpaired) electrons. The van der Waals surface area contributed by atoms with Gasteiger partial charge < -0.3 is 0 Å². The van der Waals surface area contributed by atoms with Gasteiger partial charge in [-0.2, -0.15) is 0 Å². The molecule has 0 bridgehead atoms. The van der Waals surface area contributed by atoms with Crippen molar-refractivity contribution in [2.75, 3.05) is 5.88 Å². The van der Waals surface area contributed by atoms with Crippen molar-refractivity contribution in [1.82, 2.24) is 0 Å². The first-order valence-electron chi connectivity index (χ1n) is 6.56. The van der Waals surface area contributed by atoms with Crippen LogP contribution in [0.5, 0.6) is 0 Å². The Morgan fingerprint density at radius 3 is 2.35 bits per heavy atom. The Kier molecular flexibility index (Phi) is 7.72. The van der Waals surface area contributed by atoms with Gasteiger partial charge in [0.15, 0.2) is 0 Å². The number of alkyl halides is 1. The van der Waals surface area contributed by atoms with Gasteiger partial charge in [-0.05, 0) is 36.5 Å². The van der Waals surface area contributed by atoms with E-state index in [0.717, 1.165) is 17.3 Å². The van der Waals surface area contributed by atoms with E-state index in [1.165, 1.54) is 37.7 Å². The zero-order chi connectivity index (χ0) is 12.5. The number of benzene rings is 1. The molecule has 1 aromatic carbocycles. The highest BCUT2D eigenvalue weighted by atomic mass is 35.5. The van der Waals surface area contributed by atoms with Crippen LogP contribution in [0, 0.1) is 5.92 Å². The minimum atomic E-state index is 0.606. The molecule has 0 saturated carbocycles. The fraction of sp³-hybridized carbons (Fsp3) is 0.600. The van der Waals surface area contributed by atoms with E-state index in [1.54, 1.807) is 0 Å². The molecule has 1 atom stereocenters. The van der Waals surface area contributed by atoms with Crippen LogP contribution in [0.1, 0.15) is 44.6 Å². The monoisotopic (exact) mass is 272 g/mol. The van der Waals surface area contributed by atoms with Gasteiger partial charge in [0.1, 0.15) is 0 Å². The van der Waals surface area contributed by atoms with Crippen molar-refractivity contribution in [3.05, 3.63) is 34.9 Å². The van der Waals surface area contributed by atoms with Crippen LogP contribution in [-0.2, 0) is 6.42 Å². The summed E-state index contributed by atoms with van der Waals surface area (Å²) in [6.07, 6.45) is 7.60. The van der Waals surface area contributed by atoms with Crippen LogP contribution in [-0.4, -0.2) is 5.88 Å². The molecule has 0 spiro atoms. The lowest BCUT2D eigenvalue weighted by Crippen LogP contribution is -2.06. The lowest BCUT2D eigenvalue weighted by molar-refractivity contribution is 0.492. The lowest BCUT2D eigenvalue weighted by atomic mass is 9.95. The molecule has 96 valence electrons. The Morgan fingerprint density at radius 1 is 1.06 bits per heavy atom. The summed E-state index contributed by atoms with van der Waals surface area (Å²) >= 11 is 11.9. The van der Waals surface area contributed by atoms with Crippen molar-refractivity contribution in [2.24, 2.45) is 5.92 Å². The van der Waals surface area contributed by atoms with Crippen LogP contribution >= 0.6 is 23.2 Å². The fourth-order valence-electron chi connectivity index (χ4n) is 2.05. The SMILES string of the molecule is CCCCCCC(CCl)Cc1ccc(Cl)cc1. The smallest absolute Gasteiger partial charge is 0.0406 e. The van der Waals surface area contributed by atoms with Crippen LogP contribution in [0.25, 0.3) is 0 Å². The molecule has 17 heavy (non-hydrogen) atoms. The lowest BCUT2D eigenvalue weighted by Gasteiger charge is -2.13. The number of rotatable bonds is 8. The molecule has 1 unspecified atom stereocenters. The molecule has 0 fully saturated rings. The molecule has 1 aromatic rings. The minimum Gasteiger partial charge on any atom is -0.126 e. The van der Waals surface area contributed by atoms with E-state index in [9.17, 15) is 0 Å². The number of unbranched alkanes of at least 4 members (excludes halogenated alkanes) is 3. The molecule has 0 amide bonds. The molecule has 2 heteroatoms. The first-order chi connectivity index (χ1) is 8.26. The van der Waals surface area contributed by atoms with Gasteiger partial charge in [0.05, 0.1) is 0 Å². The molecule has 0 saturated heterocycles. The normalized spacial score (nSPS) is 12.6. The predicted octanol–water partition coefficient (Wildman–Crippen LogP) is 5.71. The highest BCUT2D eigenvalue weighted by Gasteiger charge is 2.08. The summed E-state index contributed by atoms with van der Waals surface area (Å²) in [6.45, 7) is 2.24. The van der Waals surface area contributed by atoms with Crippen molar-refractivity contribution in [3.63, 3.8) is 0 Å². The highest BCUT2D eigenvalue weighted by Crippen LogP contribution is 2.19. The van der Waals surface area contributed by atoms with Crippen LogP contribution in [0.3, 0.4) is 0 Å². The second-order valence-corrected chi connectivity index (χ2v) is 5.45. The second kappa shape index (κ2) is 8.83. The van der Waals surface area contributed by atoms with Crippen molar-refractivity contribution in [1.29, 1.82) is 0 Å². The summed E-state index contributed by atoms with van der Waals surface area (Å²) in [4.78, 5) is 0. The third-order valence-corrected chi connectivity index (χ3v) is 3.81. The average Bonchev–Trinajstić information content (AvgIpc) is 2.35. The number of hydrogen-bond acceptors (Lipinski definition) is 0. The molecule has 0 aromatic heterocycles. The Bertz CT molecular complexity index is 292. The maximum absolute atomic E-state index is 6.04. The molecule has 0 nitrogen and oxygen atoms in total. The van der Waals surface area contributed by atoms with Crippen LogP contribution in [0.2, 0.25) is 5.02 Å². The van der Waals surface area contributed by atoms with E-state index < -0.39 is 0 Å². The van der Waals surface area contributed by atoms with E-state index in [0.29, 0.717) is 5.92 Å². The summed E-state index contributed by atoms with van der Waals surface area (Å²) in [5.41, 5.74) is 1.34. The Labute approximate surface area is 115 Å². The molecular formula is C15H22Cl2. The van der Waals surface area contributed by atoms with Gasteiger partial charge in [-0.1, -0.05) is 56.3 Å². The molecule has 0 aliphatic rings. The molecule has 0 N–H and O–H groups in total. The van der Waals surface area contributed by atoms with Crippen LogP contribution in [0.4, 0.5) is 0 Å². The molecule has 0 heterocycles. The first-order valence-corrected chi connectivity index (χ1v) is 7.48. The molecule has 0 aliphatic carbocycles. The van der Waals surface area contributed by atoms with Gasteiger partial charge in [0.25, 0.3) is 0 Å². The fourth-order valence-corrected chi connectivity index (χ4v) is 2.44. The summed E-state index contributed by atoms with van der Waals surface area (Å²) in [5.74, 6) is 1.36. The Hall–Kier alpha value is -0.200. The maximum Gasteiger partial charge on any atom is 0.0406 e. The maximum atomic E-state index is 6.04. The second-order valence-electron chi connectivity index (χ2n) is 4.70. The third kappa shape index (κ3) is 6.33. The van der Waals surface area contributed by atoms with Gasteiger partial charge in [-0.15, -0.1) is 11.6 Å². The Morgan fingerprint density at radius 2 is 1.76 bits per heavy atom. The summed E-state index contributed by atoms with van der Waals surface area (Å²) in [7, 11) is 0. The molecule has 1 rings (SSSR count).